The highest BCUT2D eigenvalue weighted by molar-refractivity contribution is 7.80. The number of para-hydroxylation sites is 1. The van der Waals surface area contributed by atoms with Crippen molar-refractivity contribution in [1.29, 1.82) is 0 Å². The summed E-state index contributed by atoms with van der Waals surface area (Å²) in [6.07, 6.45) is 4.31. The number of hydrogen-bond acceptors (Lipinski definition) is 5. The number of hydrogen-bond donors (Lipinski definition) is 3. The van der Waals surface area contributed by atoms with Gasteiger partial charge in [-0.25, -0.2) is 0 Å². The first kappa shape index (κ1) is 26.7. The molecule has 0 aliphatic rings. The third-order valence-corrected chi connectivity index (χ3v) is 5.47. The van der Waals surface area contributed by atoms with Gasteiger partial charge < -0.3 is 9.47 Å². The molecule has 36 heavy (non-hydrogen) atoms. The molecule has 188 valence electrons. The summed E-state index contributed by atoms with van der Waals surface area (Å²) in [7, 11) is 0. The minimum Gasteiger partial charge on any atom is -0.493 e. The van der Waals surface area contributed by atoms with E-state index in [1.165, 1.54) is 0 Å². The Bertz CT molecular complexity index is 1140. The van der Waals surface area contributed by atoms with Gasteiger partial charge in [0.15, 0.2) is 11.7 Å². The Labute approximate surface area is 217 Å². The summed E-state index contributed by atoms with van der Waals surface area (Å²) in [6.45, 7) is 2.47. The van der Waals surface area contributed by atoms with Crippen molar-refractivity contribution in [3.8, 4) is 22.6 Å². The molecule has 0 aromatic heterocycles. The molecular formula is C28H31N3O4S. The Balaban J connectivity index is 1.40. The van der Waals surface area contributed by atoms with Crippen LogP contribution >= 0.6 is 12.2 Å². The van der Waals surface area contributed by atoms with Gasteiger partial charge in [0.05, 0.1) is 12.2 Å². The molecule has 0 saturated carbocycles. The van der Waals surface area contributed by atoms with Crippen LogP contribution in [-0.2, 0) is 4.79 Å². The molecule has 0 saturated heterocycles. The van der Waals surface area contributed by atoms with E-state index in [-0.39, 0.29) is 11.7 Å². The topological polar surface area (TPSA) is 88.7 Å². The molecule has 0 radical (unpaired) electrons. The zero-order valence-corrected chi connectivity index (χ0v) is 21.1. The zero-order chi connectivity index (χ0) is 25.6. The summed E-state index contributed by atoms with van der Waals surface area (Å²) >= 11 is 5.13. The van der Waals surface area contributed by atoms with Crippen LogP contribution in [0.2, 0.25) is 0 Å². The summed E-state index contributed by atoms with van der Waals surface area (Å²) in [4.78, 5) is 24.8. The largest absolute Gasteiger partial charge is 0.493 e. The van der Waals surface area contributed by atoms with Crippen LogP contribution in [0, 0.1) is 0 Å². The molecule has 8 heteroatoms. The molecule has 3 rings (SSSR count). The van der Waals surface area contributed by atoms with Crippen molar-refractivity contribution >= 4 is 29.1 Å². The van der Waals surface area contributed by atoms with Crippen molar-refractivity contribution in [2.45, 2.75) is 32.6 Å². The number of thiocarbonyl (C=S) groups is 1. The molecule has 0 atom stereocenters. The van der Waals surface area contributed by atoms with E-state index in [4.69, 9.17) is 21.7 Å². The molecule has 2 amide bonds. The molecule has 0 fully saturated rings. The number of rotatable bonds is 11. The normalized spacial score (nSPS) is 10.2. The fraction of sp³-hybridized carbons (Fsp3) is 0.250. The van der Waals surface area contributed by atoms with Crippen LogP contribution in [0.5, 0.6) is 11.5 Å². The van der Waals surface area contributed by atoms with Gasteiger partial charge in [0, 0.05) is 0 Å². The van der Waals surface area contributed by atoms with Crippen molar-refractivity contribution in [3.05, 3.63) is 84.4 Å². The third-order valence-electron chi connectivity index (χ3n) is 5.26. The molecule has 0 heterocycles. The number of amides is 2. The van der Waals surface area contributed by atoms with E-state index < -0.39 is 11.8 Å². The van der Waals surface area contributed by atoms with Crippen LogP contribution in [0.1, 0.15) is 43.0 Å². The zero-order valence-electron chi connectivity index (χ0n) is 20.3. The smallest absolute Gasteiger partial charge is 0.276 e. The number of unbranched alkanes of at least 4 members (excludes halogenated alkanes) is 3. The average molecular weight is 506 g/mol. The van der Waals surface area contributed by atoms with E-state index in [0.29, 0.717) is 23.7 Å². The first-order valence-corrected chi connectivity index (χ1v) is 12.4. The fourth-order valence-corrected chi connectivity index (χ4v) is 3.52. The Morgan fingerprint density at radius 3 is 2.22 bits per heavy atom. The average Bonchev–Trinajstić information content (AvgIpc) is 2.91. The van der Waals surface area contributed by atoms with Crippen LogP contribution < -0.4 is 25.6 Å². The lowest BCUT2D eigenvalue weighted by Crippen LogP contribution is -2.49. The van der Waals surface area contributed by atoms with Gasteiger partial charge >= 0.3 is 0 Å². The fourth-order valence-electron chi connectivity index (χ4n) is 3.38. The maximum atomic E-state index is 12.6. The van der Waals surface area contributed by atoms with Gasteiger partial charge in [0.1, 0.15) is 11.5 Å². The highest BCUT2D eigenvalue weighted by atomic mass is 32.1. The molecule has 3 N–H and O–H groups in total. The van der Waals surface area contributed by atoms with Crippen LogP contribution in [0.25, 0.3) is 11.1 Å². The number of ether oxygens (including phenoxy) is 2. The predicted octanol–water partition coefficient (Wildman–Crippen LogP) is 5.03. The Morgan fingerprint density at radius 2 is 1.47 bits per heavy atom. The van der Waals surface area contributed by atoms with E-state index >= 15 is 0 Å². The number of hydrazine groups is 1. The summed E-state index contributed by atoms with van der Waals surface area (Å²) in [5, 5.41) is 2.50. The van der Waals surface area contributed by atoms with Gasteiger partial charge in [0.2, 0.25) is 0 Å². The molecule has 3 aromatic rings. The van der Waals surface area contributed by atoms with Crippen molar-refractivity contribution in [3.63, 3.8) is 0 Å². The predicted molar refractivity (Wildman–Crippen MR) is 145 cm³/mol. The number of carbonyl (C=O) groups excluding carboxylic acids is 2. The van der Waals surface area contributed by atoms with Gasteiger partial charge in [-0.05, 0) is 54.0 Å². The summed E-state index contributed by atoms with van der Waals surface area (Å²) in [6, 6.07) is 24.4. The van der Waals surface area contributed by atoms with Crippen molar-refractivity contribution in [2.24, 2.45) is 0 Å². The van der Waals surface area contributed by atoms with E-state index in [0.717, 1.165) is 36.8 Å². The Kier molecular flexibility index (Phi) is 10.7. The maximum absolute atomic E-state index is 12.6. The maximum Gasteiger partial charge on any atom is 0.276 e. The van der Waals surface area contributed by atoms with Crippen LogP contribution in [0.15, 0.2) is 78.9 Å². The van der Waals surface area contributed by atoms with Gasteiger partial charge in [-0.1, -0.05) is 80.8 Å². The summed E-state index contributed by atoms with van der Waals surface area (Å²) in [5.41, 5.74) is 7.45. The lowest BCUT2D eigenvalue weighted by molar-refractivity contribution is -0.123. The lowest BCUT2D eigenvalue weighted by Gasteiger charge is -2.14. The molecule has 7 nitrogen and oxygen atoms in total. The number of nitrogens with one attached hydrogen (secondary N) is 3. The third kappa shape index (κ3) is 8.70. The van der Waals surface area contributed by atoms with Crippen molar-refractivity contribution in [1.82, 2.24) is 16.2 Å². The molecule has 0 aliphatic carbocycles. The van der Waals surface area contributed by atoms with E-state index in [1.807, 2.05) is 48.5 Å². The molecule has 0 unspecified atom stereocenters. The Hall–Kier alpha value is -3.91. The van der Waals surface area contributed by atoms with Crippen molar-refractivity contribution < 1.29 is 19.1 Å². The first-order chi connectivity index (χ1) is 17.6. The van der Waals surface area contributed by atoms with E-state index in [2.05, 4.69) is 23.1 Å². The molecule has 0 bridgehead atoms. The SMILES string of the molecule is CCCCCCOc1ccccc1C(=O)NC(=S)NNC(=O)COc1ccc(-c2ccccc2)cc1. The second-order valence-electron chi connectivity index (χ2n) is 8.04. The highest BCUT2D eigenvalue weighted by Gasteiger charge is 2.14. The monoisotopic (exact) mass is 505 g/mol. The van der Waals surface area contributed by atoms with Gasteiger partial charge in [0.25, 0.3) is 11.8 Å². The van der Waals surface area contributed by atoms with Gasteiger partial charge in [-0.3, -0.25) is 25.8 Å². The molecule has 3 aromatic carbocycles. The minimum absolute atomic E-state index is 0.0432. The van der Waals surface area contributed by atoms with Crippen LogP contribution in [-0.4, -0.2) is 30.1 Å². The standard InChI is InChI=1S/C28H31N3O4S/c1-2-3-4-10-19-34-25-14-9-8-13-24(25)27(33)29-28(36)31-30-26(32)20-35-23-17-15-22(16-18-23)21-11-6-5-7-12-21/h5-9,11-18H,2-4,10,19-20H2,1H3,(H,30,32)(H2,29,31,33,36). The van der Waals surface area contributed by atoms with Crippen LogP contribution in [0.4, 0.5) is 0 Å². The van der Waals surface area contributed by atoms with E-state index in [9.17, 15) is 9.59 Å². The van der Waals surface area contributed by atoms with Crippen molar-refractivity contribution in [2.75, 3.05) is 13.2 Å². The number of benzene rings is 3. The van der Waals surface area contributed by atoms with Crippen LogP contribution in [0.3, 0.4) is 0 Å². The summed E-state index contributed by atoms with van der Waals surface area (Å²) < 4.78 is 11.3. The first-order valence-electron chi connectivity index (χ1n) is 12.0. The second kappa shape index (κ2) is 14.5. The molecule has 0 spiro atoms. The lowest BCUT2D eigenvalue weighted by atomic mass is 10.1. The van der Waals surface area contributed by atoms with Gasteiger partial charge in [-0.2, -0.15) is 0 Å². The van der Waals surface area contributed by atoms with E-state index in [1.54, 1.807) is 30.3 Å². The quantitative estimate of drug-likeness (QED) is 0.193. The highest BCUT2D eigenvalue weighted by Crippen LogP contribution is 2.22. The summed E-state index contributed by atoms with van der Waals surface area (Å²) in [5.74, 6) is 0.173. The second-order valence-corrected chi connectivity index (χ2v) is 8.45. The minimum atomic E-state index is -0.449. The molecular weight excluding hydrogens is 474 g/mol. The van der Waals surface area contributed by atoms with Gasteiger partial charge in [-0.15, -0.1) is 0 Å². The Morgan fingerprint density at radius 1 is 0.778 bits per heavy atom. The molecule has 0 aliphatic heterocycles. The number of carbonyl (C=O) groups is 2.